The molecule has 1 saturated heterocycles. The van der Waals surface area contributed by atoms with Crippen molar-refractivity contribution in [3.8, 4) is 0 Å². The molecule has 0 aromatic heterocycles. The first-order valence-electron chi connectivity index (χ1n) is 12.2. The monoisotopic (exact) mass is 484 g/mol. The molecule has 5 aromatic rings. The number of fused-ring (bicyclic) bond motifs is 4. The molecule has 174 valence electrons. The predicted octanol–water partition coefficient (Wildman–Crippen LogP) is 6.24. The lowest BCUT2D eigenvalue weighted by atomic mass is 9.78. The number of epoxide rings is 1. The number of benzene rings is 5. The molecule has 3 heteroatoms. The quantitative estimate of drug-likeness (QED) is 0.218. The zero-order valence-corrected chi connectivity index (χ0v) is 20.9. The summed E-state index contributed by atoms with van der Waals surface area (Å²) in [5.74, 6) is -0.825. The van der Waals surface area contributed by atoms with Crippen LogP contribution < -0.4 is 15.9 Å². The van der Waals surface area contributed by atoms with Crippen molar-refractivity contribution in [2.75, 3.05) is 7.11 Å². The zero-order valence-electron chi connectivity index (χ0n) is 20.0. The molecule has 0 amide bonds. The Balaban J connectivity index is 1.59. The highest BCUT2D eigenvalue weighted by Crippen LogP contribution is 2.65. The smallest absolute Gasteiger partial charge is 0.228 e. The molecule has 2 aliphatic rings. The molecule has 1 fully saturated rings. The van der Waals surface area contributed by atoms with Crippen LogP contribution in [0.1, 0.15) is 16.7 Å². The van der Waals surface area contributed by atoms with E-state index in [1.807, 2.05) is 0 Å². The SMILES string of the molecule is COC12C=Cc3ccccc3C1(c1c(P(c3ccccc3)c3ccccc3)ccc3ccccc13)O2. The van der Waals surface area contributed by atoms with Crippen molar-refractivity contribution < 1.29 is 9.47 Å². The average molecular weight is 485 g/mol. The molecule has 2 nitrogen and oxygen atoms in total. The minimum atomic E-state index is -0.846. The maximum absolute atomic E-state index is 6.79. The Morgan fingerprint density at radius 3 is 2.03 bits per heavy atom. The summed E-state index contributed by atoms with van der Waals surface area (Å²) < 4.78 is 12.9. The van der Waals surface area contributed by atoms with Crippen molar-refractivity contribution in [3.05, 3.63) is 144 Å². The van der Waals surface area contributed by atoms with Gasteiger partial charge in [0.2, 0.25) is 5.79 Å². The molecule has 0 N–H and O–H groups in total. The van der Waals surface area contributed by atoms with Gasteiger partial charge in [-0.1, -0.05) is 127 Å². The fourth-order valence-electron chi connectivity index (χ4n) is 5.77. The van der Waals surface area contributed by atoms with Gasteiger partial charge in [-0.3, -0.25) is 0 Å². The first-order valence-corrected chi connectivity index (χ1v) is 13.6. The van der Waals surface area contributed by atoms with Gasteiger partial charge in [0, 0.05) is 18.2 Å². The summed E-state index contributed by atoms with van der Waals surface area (Å²) in [5, 5.41) is 6.34. The van der Waals surface area contributed by atoms with E-state index in [4.69, 9.17) is 9.47 Å². The second-order valence-electron chi connectivity index (χ2n) is 9.26. The maximum atomic E-state index is 6.79. The minimum Gasteiger partial charge on any atom is -0.347 e. The van der Waals surface area contributed by atoms with Crippen molar-refractivity contribution in [2.45, 2.75) is 11.4 Å². The molecule has 1 aliphatic carbocycles. The summed E-state index contributed by atoms with van der Waals surface area (Å²) in [6.07, 6.45) is 4.22. The molecule has 2 atom stereocenters. The first kappa shape index (κ1) is 21.7. The largest absolute Gasteiger partial charge is 0.347 e. The second-order valence-corrected chi connectivity index (χ2v) is 11.4. The van der Waals surface area contributed by atoms with Gasteiger partial charge in [-0.2, -0.15) is 0 Å². The zero-order chi connectivity index (χ0) is 24.2. The van der Waals surface area contributed by atoms with E-state index >= 15 is 0 Å². The predicted molar refractivity (Wildman–Crippen MR) is 150 cm³/mol. The van der Waals surface area contributed by atoms with Crippen LogP contribution in [0, 0.1) is 0 Å². The Kier molecular flexibility index (Phi) is 4.98. The Morgan fingerprint density at radius 1 is 0.667 bits per heavy atom. The van der Waals surface area contributed by atoms with E-state index in [1.165, 1.54) is 37.8 Å². The van der Waals surface area contributed by atoms with E-state index in [1.54, 1.807) is 7.11 Å². The third kappa shape index (κ3) is 3.02. The Bertz CT molecular complexity index is 1570. The van der Waals surface area contributed by atoms with Crippen molar-refractivity contribution in [2.24, 2.45) is 0 Å². The standard InChI is InChI=1S/C33H25O2P/c1-34-32-23-22-25-13-9-11-19-29(25)33(32,35-32)31-28-18-10-8-12-24(28)20-21-30(31)36(26-14-4-2-5-15-26)27-16-6-3-7-17-27/h2-23H,1H3. The van der Waals surface area contributed by atoms with E-state index in [-0.39, 0.29) is 0 Å². The third-order valence-electron chi connectivity index (χ3n) is 7.41. The van der Waals surface area contributed by atoms with Crippen LogP contribution in [-0.2, 0) is 15.1 Å². The highest BCUT2D eigenvalue weighted by Gasteiger charge is 2.74. The van der Waals surface area contributed by atoms with Gasteiger partial charge < -0.3 is 9.47 Å². The van der Waals surface area contributed by atoms with Crippen molar-refractivity contribution >= 4 is 40.7 Å². The van der Waals surface area contributed by atoms with Crippen LogP contribution in [0.4, 0.5) is 0 Å². The van der Waals surface area contributed by atoms with Gasteiger partial charge in [-0.15, -0.1) is 0 Å². The van der Waals surface area contributed by atoms with Crippen molar-refractivity contribution in [1.29, 1.82) is 0 Å². The lowest BCUT2D eigenvalue weighted by molar-refractivity contribution is 0.0304. The summed E-state index contributed by atoms with van der Waals surface area (Å²) in [4.78, 5) is 0. The van der Waals surface area contributed by atoms with E-state index in [9.17, 15) is 0 Å². The molecule has 2 unspecified atom stereocenters. The average Bonchev–Trinajstić information content (AvgIpc) is 3.65. The molecular formula is C33H25O2P. The topological polar surface area (TPSA) is 21.8 Å². The van der Waals surface area contributed by atoms with E-state index in [2.05, 4.69) is 133 Å². The third-order valence-corrected chi connectivity index (χ3v) is 9.89. The Labute approximate surface area is 212 Å². The molecule has 1 heterocycles. The lowest BCUT2D eigenvalue weighted by Gasteiger charge is -2.30. The highest BCUT2D eigenvalue weighted by molar-refractivity contribution is 7.80. The normalized spacial score (nSPS) is 21.8. The fourth-order valence-corrected chi connectivity index (χ4v) is 8.29. The summed E-state index contributed by atoms with van der Waals surface area (Å²) in [6, 6.07) is 43.5. The summed E-state index contributed by atoms with van der Waals surface area (Å²) in [5.41, 5.74) is 2.82. The molecule has 36 heavy (non-hydrogen) atoms. The number of hydrogen-bond acceptors (Lipinski definition) is 2. The van der Waals surface area contributed by atoms with Crippen LogP contribution in [0.15, 0.2) is 127 Å². The second kappa shape index (κ2) is 8.25. The van der Waals surface area contributed by atoms with Crippen molar-refractivity contribution in [3.63, 3.8) is 0 Å². The molecule has 5 aromatic carbocycles. The van der Waals surface area contributed by atoms with Gasteiger partial charge in [0.1, 0.15) is 0 Å². The van der Waals surface area contributed by atoms with Crippen LogP contribution in [0.3, 0.4) is 0 Å². The van der Waals surface area contributed by atoms with Crippen LogP contribution in [-0.4, -0.2) is 12.9 Å². The maximum Gasteiger partial charge on any atom is 0.228 e. The Hall–Kier alpha value is -3.55. The molecule has 0 radical (unpaired) electrons. The summed E-state index contributed by atoms with van der Waals surface area (Å²) >= 11 is 0. The lowest BCUT2D eigenvalue weighted by Crippen LogP contribution is -2.34. The summed E-state index contributed by atoms with van der Waals surface area (Å²) in [7, 11) is 0.906. The van der Waals surface area contributed by atoms with Gasteiger partial charge in [-0.25, -0.2) is 0 Å². The minimum absolute atomic E-state index is 0.715. The van der Waals surface area contributed by atoms with Gasteiger partial charge in [0.25, 0.3) is 0 Å². The van der Waals surface area contributed by atoms with Crippen LogP contribution in [0.5, 0.6) is 0 Å². The van der Waals surface area contributed by atoms with Crippen LogP contribution in [0.25, 0.3) is 16.8 Å². The molecular weight excluding hydrogens is 459 g/mol. The molecule has 1 aliphatic heterocycles. The van der Waals surface area contributed by atoms with Gasteiger partial charge in [0.15, 0.2) is 5.60 Å². The first-order chi connectivity index (χ1) is 17.8. The van der Waals surface area contributed by atoms with Gasteiger partial charge in [0.05, 0.1) is 0 Å². The molecule has 7 rings (SSSR count). The van der Waals surface area contributed by atoms with E-state index in [0.717, 1.165) is 5.56 Å². The highest BCUT2D eigenvalue weighted by atomic mass is 31.1. The van der Waals surface area contributed by atoms with Gasteiger partial charge >= 0.3 is 0 Å². The number of rotatable bonds is 5. The van der Waals surface area contributed by atoms with E-state index < -0.39 is 19.3 Å². The fraction of sp³-hybridized carbons (Fsp3) is 0.0909. The van der Waals surface area contributed by atoms with Crippen molar-refractivity contribution in [1.82, 2.24) is 0 Å². The molecule has 0 spiro atoms. The van der Waals surface area contributed by atoms with Gasteiger partial charge in [-0.05, 0) is 46.2 Å². The van der Waals surface area contributed by atoms with Crippen LogP contribution in [0.2, 0.25) is 0 Å². The number of hydrogen-bond donors (Lipinski definition) is 0. The van der Waals surface area contributed by atoms with E-state index in [0.29, 0.717) is 0 Å². The summed E-state index contributed by atoms with van der Waals surface area (Å²) in [6.45, 7) is 0. The van der Waals surface area contributed by atoms with Crippen LogP contribution >= 0.6 is 7.92 Å². The Morgan fingerprint density at radius 2 is 1.31 bits per heavy atom. The number of ether oxygens (including phenoxy) is 2. The molecule has 0 bridgehead atoms. The number of methoxy groups -OCH3 is 1. The molecule has 0 saturated carbocycles.